The van der Waals surface area contributed by atoms with Gasteiger partial charge in [0, 0.05) is 30.8 Å². The topological polar surface area (TPSA) is 110 Å². The predicted molar refractivity (Wildman–Crippen MR) is 82.6 cm³/mol. The minimum absolute atomic E-state index is 0.0106. The lowest BCUT2D eigenvalue weighted by atomic mass is 10.1. The Hall–Kier alpha value is -2.64. The molecule has 0 radical (unpaired) electrons. The molecule has 0 heterocycles. The smallest absolute Gasteiger partial charge is 0.310 e. The van der Waals surface area contributed by atoms with Crippen LogP contribution in [0, 0.1) is 16.0 Å². The molecule has 0 aliphatic carbocycles. The molecule has 1 N–H and O–H groups in total. The molecule has 23 heavy (non-hydrogen) atoms. The number of methoxy groups -OCH3 is 1. The summed E-state index contributed by atoms with van der Waals surface area (Å²) < 4.78 is 4.95. The van der Waals surface area contributed by atoms with Crippen LogP contribution in [0.1, 0.15) is 30.6 Å². The molecule has 1 aromatic carbocycles. The molecule has 1 amide bonds. The number of nitro groups is 1. The normalized spacial score (nSPS) is 10.4. The molecule has 0 unspecified atom stereocenters. The number of carboxylic acid groups (broad SMARTS) is 1. The molecule has 126 valence electrons. The van der Waals surface area contributed by atoms with E-state index in [1.165, 1.54) is 30.2 Å². The number of ether oxygens (including phenoxy) is 1. The van der Waals surface area contributed by atoms with Gasteiger partial charge >= 0.3 is 11.7 Å². The van der Waals surface area contributed by atoms with E-state index in [9.17, 15) is 19.7 Å². The van der Waals surface area contributed by atoms with E-state index in [1.807, 2.05) is 13.8 Å². The first-order chi connectivity index (χ1) is 10.8. The largest absolute Gasteiger partial charge is 0.490 e. The van der Waals surface area contributed by atoms with Crippen LogP contribution in [0.5, 0.6) is 5.75 Å². The molecule has 1 rings (SSSR count). The number of hydrogen-bond donors (Lipinski definition) is 1. The molecule has 0 aromatic heterocycles. The van der Waals surface area contributed by atoms with Gasteiger partial charge in [-0.1, -0.05) is 13.8 Å². The molecular formula is C15H20N2O6. The van der Waals surface area contributed by atoms with Gasteiger partial charge in [0.2, 0.25) is 0 Å². The fourth-order valence-electron chi connectivity index (χ4n) is 2.09. The fraction of sp³-hybridized carbons (Fsp3) is 0.467. The number of hydrogen-bond acceptors (Lipinski definition) is 5. The van der Waals surface area contributed by atoms with Gasteiger partial charge in [0.05, 0.1) is 18.5 Å². The number of amides is 1. The Labute approximate surface area is 133 Å². The second-order valence-corrected chi connectivity index (χ2v) is 5.43. The van der Waals surface area contributed by atoms with Crippen LogP contribution in [-0.2, 0) is 4.79 Å². The summed E-state index contributed by atoms with van der Waals surface area (Å²) in [4.78, 5) is 35.0. The molecule has 0 fully saturated rings. The SMILES string of the molecule is COc1cc(C(=O)N(CCC(=O)O)CC(C)C)ccc1[N+](=O)[O-]. The molecule has 0 aliphatic heterocycles. The van der Waals surface area contributed by atoms with Gasteiger partial charge in [0.15, 0.2) is 5.75 Å². The van der Waals surface area contributed by atoms with E-state index < -0.39 is 10.9 Å². The second-order valence-electron chi connectivity index (χ2n) is 5.43. The average molecular weight is 324 g/mol. The Kier molecular flexibility index (Phi) is 6.49. The van der Waals surface area contributed by atoms with Crippen molar-refractivity contribution in [2.75, 3.05) is 20.2 Å². The molecule has 0 bridgehead atoms. The van der Waals surface area contributed by atoms with E-state index in [4.69, 9.17) is 9.84 Å². The van der Waals surface area contributed by atoms with Crippen molar-refractivity contribution in [3.05, 3.63) is 33.9 Å². The first-order valence-corrected chi connectivity index (χ1v) is 7.09. The highest BCUT2D eigenvalue weighted by Crippen LogP contribution is 2.28. The van der Waals surface area contributed by atoms with E-state index in [0.717, 1.165) is 0 Å². The van der Waals surface area contributed by atoms with E-state index in [-0.39, 0.29) is 41.8 Å². The molecule has 0 aliphatic rings. The summed E-state index contributed by atoms with van der Waals surface area (Å²) in [5.41, 5.74) is -0.0107. The van der Waals surface area contributed by atoms with Crippen molar-refractivity contribution in [3.63, 3.8) is 0 Å². The molecule has 0 atom stereocenters. The van der Waals surface area contributed by atoms with Gasteiger partial charge in [0.25, 0.3) is 5.91 Å². The number of nitro benzene ring substituents is 1. The maximum Gasteiger partial charge on any atom is 0.310 e. The third-order valence-corrected chi connectivity index (χ3v) is 3.09. The highest BCUT2D eigenvalue weighted by atomic mass is 16.6. The molecule has 0 saturated heterocycles. The third-order valence-electron chi connectivity index (χ3n) is 3.09. The zero-order chi connectivity index (χ0) is 17.6. The number of nitrogens with zero attached hydrogens (tertiary/aromatic N) is 2. The minimum atomic E-state index is -0.993. The van der Waals surface area contributed by atoms with E-state index >= 15 is 0 Å². The highest BCUT2D eigenvalue weighted by Gasteiger charge is 2.22. The standard InChI is InChI=1S/C15H20N2O6/c1-10(2)9-16(7-6-14(18)19)15(20)11-4-5-12(17(21)22)13(8-11)23-3/h4-5,8,10H,6-7,9H2,1-3H3,(H,18,19). The lowest BCUT2D eigenvalue weighted by molar-refractivity contribution is -0.385. The van der Waals surface area contributed by atoms with Gasteiger partial charge in [0.1, 0.15) is 0 Å². The Morgan fingerprint density at radius 2 is 2.04 bits per heavy atom. The molecule has 0 spiro atoms. The van der Waals surface area contributed by atoms with Gasteiger partial charge in [-0.2, -0.15) is 0 Å². The average Bonchev–Trinajstić information content (AvgIpc) is 2.49. The van der Waals surface area contributed by atoms with Gasteiger partial charge in [-0.15, -0.1) is 0 Å². The van der Waals surface area contributed by atoms with Crippen molar-refractivity contribution < 1.29 is 24.4 Å². The summed E-state index contributed by atoms with van der Waals surface area (Å²) in [6, 6.07) is 3.85. The number of carbonyl (C=O) groups excluding carboxylic acids is 1. The predicted octanol–water partition coefficient (Wildman–Crippen LogP) is 2.18. The maximum atomic E-state index is 12.5. The van der Waals surface area contributed by atoms with Gasteiger partial charge in [-0.25, -0.2) is 0 Å². The minimum Gasteiger partial charge on any atom is -0.490 e. The molecule has 0 saturated carbocycles. The quantitative estimate of drug-likeness (QED) is 0.579. The lowest BCUT2D eigenvalue weighted by Gasteiger charge is -2.24. The van der Waals surface area contributed by atoms with E-state index in [0.29, 0.717) is 6.54 Å². The monoisotopic (exact) mass is 324 g/mol. The number of carbonyl (C=O) groups is 2. The Morgan fingerprint density at radius 1 is 1.39 bits per heavy atom. The second kappa shape index (κ2) is 8.11. The number of aliphatic carboxylic acids is 1. The van der Waals surface area contributed by atoms with E-state index in [2.05, 4.69) is 0 Å². The fourth-order valence-corrected chi connectivity index (χ4v) is 2.09. The Bertz CT molecular complexity index is 600. The molecule has 8 nitrogen and oxygen atoms in total. The van der Waals surface area contributed by atoms with Crippen molar-refractivity contribution in [2.45, 2.75) is 20.3 Å². The van der Waals surface area contributed by atoms with Crippen LogP contribution in [0.4, 0.5) is 5.69 Å². The van der Waals surface area contributed by atoms with Crippen molar-refractivity contribution >= 4 is 17.6 Å². The summed E-state index contributed by atoms with van der Waals surface area (Å²) in [5.74, 6) is -1.22. The van der Waals surface area contributed by atoms with E-state index in [1.54, 1.807) is 0 Å². The Balaban J connectivity index is 3.06. The van der Waals surface area contributed by atoms with Crippen LogP contribution in [0.25, 0.3) is 0 Å². The number of rotatable bonds is 8. The first-order valence-electron chi connectivity index (χ1n) is 7.09. The summed E-state index contributed by atoms with van der Waals surface area (Å²) in [6.07, 6.45) is -0.164. The lowest BCUT2D eigenvalue weighted by Crippen LogP contribution is -2.36. The van der Waals surface area contributed by atoms with Crippen LogP contribution >= 0.6 is 0 Å². The highest BCUT2D eigenvalue weighted by molar-refractivity contribution is 5.95. The van der Waals surface area contributed by atoms with Gasteiger partial charge in [-0.05, 0) is 12.0 Å². The first kappa shape index (κ1) is 18.4. The zero-order valence-electron chi connectivity index (χ0n) is 13.3. The molecule has 8 heteroatoms. The van der Waals surface area contributed by atoms with Gasteiger partial charge < -0.3 is 14.7 Å². The third kappa shape index (κ3) is 5.24. The van der Waals surface area contributed by atoms with Crippen LogP contribution < -0.4 is 4.74 Å². The van der Waals surface area contributed by atoms with Gasteiger partial charge in [-0.3, -0.25) is 19.7 Å². The summed E-state index contributed by atoms with van der Waals surface area (Å²) in [6.45, 7) is 4.30. The molecular weight excluding hydrogens is 304 g/mol. The van der Waals surface area contributed by atoms with Crippen LogP contribution in [-0.4, -0.2) is 47.0 Å². The summed E-state index contributed by atoms with van der Waals surface area (Å²) in [5, 5.41) is 19.7. The number of carboxylic acids is 1. The van der Waals surface area contributed by atoms with Crippen molar-refractivity contribution in [1.82, 2.24) is 4.90 Å². The van der Waals surface area contributed by atoms with Crippen molar-refractivity contribution in [3.8, 4) is 5.75 Å². The zero-order valence-corrected chi connectivity index (χ0v) is 13.3. The Morgan fingerprint density at radius 3 is 2.52 bits per heavy atom. The number of benzene rings is 1. The van der Waals surface area contributed by atoms with Crippen LogP contribution in [0.2, 0.25) is 0 Å². The van der Waals surface area contributed by atoms with Crippen LogP contribution in [0.3, 0.4) is 0 Å². The van der Waals surface area contributed by atoms with Crippen LogP contribution in [0.15, 0.2) is 18.2 Å². The maximum absolute atomic E-state index is 12.5. The van der Waals surface area contributed by atoms with Crippen molar-refractivity contribution in [1.29, 1.82) is 0 Å². The molecule has 1 aromatic rings. The van der Waals surface area contributed by atoms with Crippen molar-refractivity contribution in [2.24, 2.45) is 5.92 Å². The summed E-state index contributed by atoms with van der Waals surface area (Å²) >= 11 is 0. The summed E-state index contributed by atoms with van der Waals surface area (Å²) in [7, 11) is 1.28.